The highest BCUT2D eigenvalue weighted by atomic mass is 19.1. The van der Waals surface area contributed by atoms with E-state index in [4.69, 9.17) is 11.6 Å². The van der Waals surface area contributed by atoms with Gasteiger partial charge in [-0.1, -0.05) is 25.0 Å². The first-order valence-electron chi connectivity index (χ1n) is 12.6. The molecule has 0 N–H and O–H groups in total. The van der Waals surface area contributed by atoms with Crippen molar-refractivity contribution in [2.45, 2.75) is 51.4 Å². The van der Waals surface area contributed by atoms with Crippen molar-refractivity contribution >= 4 is 11.5 Å². The molecule has 0 spiro atoms. The van der Waals surface area contributed by atoms with Gasteiger partial charge in [-0.25, -0.2) is 14.2 Å². The van der Waals surface area contributed by atoms with Crippen LogP contribution in [0.25, 0.3) is 21.9 Å². The zero-order valence-corrected chi connectivity index (χ0v) is 19.9. The van der Waals surface area contributed by atoms with Crippen molar-refractivity contribution in [1.82, 2.24) is 14.5 Å². The van der Waals surface area contributed by atoms with Crippen LogP contribution >= 0.6 is 0 Å². The minimum atomic E-state index is -0.616. The number of nitrogens with zero attached hydrogens (tertiary/aromatic N) is 5. The lowest BCUT2D eigenvalue weighted by atomic mass is 9.88. The minimum Gasteiger partial charge on any atom is -0.356 e. The first-order valence-corrected chi connectivity index (χ1v) is 12.6. The third-order valence-corrected chi connectivity index (χ3v) is 7.97. The summed E-state index contributed by atoms with van der Waals surface area (Å²) in [6.07, 6.45) is 8.94. The number of fused-ring (bicyclic) bond motifs is 1. The molecule has 2 aromatic heterocycles. The molecule has 6 rings (SSSR count). The molecule has 1 aliphatic heterocycles. The molecule has 2 aliphatic carbocycles. The normalized spacial score (nSPS) is 21.6. The van der Waals surface area contributed by atoms with E-state index in [9.17, 15) is 9.18 Å². The quantitative estimate of drug-likeness (QED) is 0.454. The molecule has 3 aliphatic rings. The predicted molar refractivity (Wildman–Crippen MR) is 134 cm³/mol. The second kappa shape index (κ2) is 8.60. The Balaban J connectivity index is 1.49. The maximum Gasteiger partial charge on any atom is 0.263 e. The molecule has 178 valence electrons. The van der Waals surface area contributed by atoms with Crippen LogP contribution in [-0.4, -0.2) is 27.6 Å². The predicted octanol–water partition coefficient (Wildman–Crippen LogP) is 5.80. The van der Waals surface area contributed by atoms with E-state index >= 15 is 0 Å². The SMILES string of the molecule is [C-]#[N+]c1ccc(-c2nc(N3CCC4CCCC4C3)c(C)c(=O)n2-c2ccc(C3CC3)nc2)cc1F. The van der Waals surface area contributed by atoms with Crippen LogP contribution in [0.4, 0.5) is 15.9 Å². The van der Waals surface area contributed by atoms with Gasteiger partial charge in [0.15, 0.2) is 0 Å². The van der Waals surface area contributed by atoms with Crippen molar-refractivity contribution in [2.75, 3.05) is 18.0 Å². The summed E-state index contributed by atoms with van der Waals surface area (Å²) in [6, 6.07) is 8.30. The number of piperidine rings is 1. The zero-order chi connectivity index (χ0) is 24.1. The van der Waals surface area contributed by atoms with E-state index < -0.39 is 5.82 Å². The third-order valence-electron chi connectivity index (χ3n) is 7.97. The van der Waals surface area contributed by atoms with Crippen LogP contribution < -0.4 is 10.5 Å². The van der Waals surface area contributed by atoms with Crippen molar-refractivity contribution < 1.29 is 4.39 Å². The number of halogens is 1. The van der Waals surface area contributed by atoms with Crippen LogP contribution in [0.5, 0.6) is 0 Å². The second-order valence-corrected chi connectivity index (χ2v) is 10.2. The monoisotopic (exact) mass is 469 g/mol. The lowest BCUT2D eigenvalue weighted by Crippen LogP contribution is -2.41. The summed E-state index contributed by atoms with van der Waals surface area (Å²) in [5.74, 6) is 2.37. The number of hydrogen-bond acceptors (Lipinski definition) is 4. The van der Waals surface area contributed by atoms with Crippen molar-refractivity contribution in [1.29, 1.82) is 0 Å². The van der Waals surface area contributed by atoms with Gasteiger partial charge in [-0.2, -0.15) is 0 Å². The van der Waals surface area contributed by atoms with Gasteiger partial charge in [-0.3, -0.25) is 14.3 Å². The summed E-state index contributed by atoms with van der Waals surface area (Å²) < 4.78 is 16.2. The maximum absolute atomic E-state index is 14.6. The Kier molecular flexibility index (Phi) is 5.40. The number of aromatic nitrogens is 3. The van der Waals surface area contributed by atoms with Gasteiger partial charge in [0.1, 0.15) is 17.5 Å². The summed E-state index contributed by atoms with van der Waals surface area (Å²) in [7, 11) is 0. The number of benzene rings is 1. The maximum atomic E-state index is 14.6. The summed E-state index contributed by atoms with van der Waals surface area (Å²) in [5, 5.41) is 0. The van der Waals surface area contributed by atoms with Crippen LogP contribution in [0.3, 0.4) is 0 Å². The van der Waals surface area contributed by atoms with Gasteiger partial charge in [0.25, 0.3) is 5.56 Å². The zero-order valence-electron chi connectivity index (χ0n) is 19.9. The fraction of sp³-hybridized carbons (Fsp3) is 0.429. The molecule has 3 aromatic rings. The van der Waals surface area contributed by atoms with Crippen LogP contribution in [0.2, 0.25) is 0 Å². The molecule has 0 bridgehead atoms. The molecule has 2 unspecified atom stereocenters. The molecule has 1 saturated heterocycles. The Labute approximate surface area is 204 Å². The average Bonchev–Trinajstić information content (AvgIpc) is 3.62. The van der Waals surface area contributed by atoms with E-state index in [0.717, 1.165) is 44.0 Å². The topological polar surface area (TPSA) is 55.4 Å². The molecule has 0 radical (unpaired) electrons. The molecule has 2 saturated carbocycles. The third kappa shape index (κ3) is 3.91. The molecular formula is C28H28FN5O. The van der Waals surface area contributed by atoms with E-state index in [1.165, 1.54) is 36.0 Å². The fourth-order valence-corrected chi connectivity index (χ4v) is 5.84. The molecule has 1 aromatic carbocycles. The van der Waals surface area contributed by atoms with Gasteiger partial charge in [-0.15, -0.1) is 0 Å². The summed E-state index contributed by atoms with van der Waals surface area (Å²) >= 11 is 0. The van der Waals surface area contributed by atoms with Crippen LogP contribution in [0.15, 0.2) is 41.3 Å². The van der Waals surface area contributed by atoms with Crippen molar-refractivity contribution in [3.8, 4) is 17.1 Å². The van der Waals surface area contributed by atoms with E-state index in [-0.39, 0.29) is 11.2 Å². The summed E-state index contributed by atoms with van der Waals surface area (Å²) in [4.78, 5) is 28.9. The van der Waals surface area contributed by atoms with Gasteiger partial charge in [0.2, 0.25) is 5.69 Å². The molecule has 0 amide bonds. The fourth-order valence-electron chi connectivity index (χ4n) is 5.84. The Morgan fingerprint density at radius 1 is 1.09 bits per heavy atom. The minimum absolute atomic E-state index is 0.0475. The molecule has 6 nitrogen and oxygen atoms in total. The number of pyridine rings is 1. The molecule has 35 heavy (non-hydrogen) atoms. The van der Waals surface area contributed by atoms with Gasteiger partial charge in [0.05, 0.1) is 24.0 Å². The summed E-state index contributed by atoms with van der Waals surface area (Å²) in [5.41, 5.74) is 2.49. The Morgan fingerprint density at radius 3 is 2.63 bits per heavy atom. The smallest absolute Gasteiger partial charge is 0.263 e. The largest absolute Gasteiger partial charge is 0.356 e. The standard InChI is InChI=1S/C28H28FN5O/c1-17-26(33-13-12-18-4-3-5-21(18)16-33)32-27(20-8-10-25(30-2)23(29)14-20)34(28(17)35)22-9-11-24(31-15-22)19-6-7-19/h8-11,14-15,18-19,21H,3-7,12-13,16H2,1H3. The van der Waals surface area contributed by atoms with Crippen molar-refractivity contribution in [3.63, 3.8) is 0 Å². The van der Waals surface area contributed by atoms with E-state index in [1.54, 1.807) is 12.3 Å². The van der Waals surface area contributed by atoms with Gasteiger partial charge in [0, 0.05) is 30.3 Å². The number of anilines is 1. The first kappa shape index (κ1) is 22.0. The lowest BCUT2D eigenvalue weighted by Gasteiger charge is -2.36. The highest BCUT2D eigenvalue weighted by Gasteiger charge is 2.34. The average molecular weight is 470 g/mol. The molecule has 3 fully saturated rings. The Bertz CT molecular complexity index is 1390. The molecule has 3 heterocycles. The Morgan fingerprint density at radius 2 is 1.91 bits per heavy atom. The molecule has 2 atom stereocenters. The highest BCUT2D eigenvalue weighted by Crippen LogP contribution is 2.40. The number of hydrogen-bond donors (Lipinski definition) is 0. The lowest BCUT2D eigenvalue weighted by molar-refractivity contribution is 0.322. The number of rotatable bonds is 4. The van der Waals surface area contributed by atoms with E-state index in [2.05, 4.69) is 14.7 Å². The Hall–Kier alpha value is -3.53. The summed E-state index contributed by atoms with van der Waals surface area (Å²) in [6.45, 7) is 10.8. The van der Waals surface area contributed by atoms with Crippen LogP contribution in [0, 0.1) is 31.1 Å². The molecular weight excluding hydrogens is 441 g/mol. The van der Waals surface area contributed by atoms with Gasteiger partial charge >= 0.3 is 0 Å². The second-order valence-electron chi connectivity index (χ2n) is 10.2. The van der Waals surface area contributed by atoms with Crippen molar-refractivity contribution in [2.24, 2.45) is 11.8 Å². The van der Waals surface area contributed by atoms with Crippen LogP contribution in [-0.2, 0) is 0 Å². The highest BCUT2D eigenvalue weighted by molar-refractivity contribution is 5.65. The van der Waals surface area contributed by atoms with Gasteiger partial charge < -0.3 is 4.90 Å². The van der Waals surface area contributed by atoms with E-state index in [1.807, 2.05) is 19.1 Å². The van der Waals surface area contributed by atoms with Crippen molar-refractivity contribution in [3.05, 3.63) is 75.4 Å². The first-order chi connectivity index (χ1) is 17.0. The van der Waals surface area contributed by atoms with Crippen LogP contribution in [0.1, 0.15) is 55.7 Å². The van der Waals surface area contributed by atoms with E-state index in [0.29, 0.717) is 40.3 Å². The molecule has 7 heteroatoms. The van der Waals surface area contributed by atoms with Gasteiger partial charge in [-0.05, 0) is 62.6 Å².